The molecule has 32 heavy (non-hydrogen) atoms. The molecule has 1 heterocycles. The van der Waals surface area contributed by atoms with Gasteiger partial charge in [-0.2, -0.15) is 0 Å². The van der Waals surface area contributed by atoms with Gasteiger partial charge in [-0.15, -0.1) is 11.8 Å². The van der Waals surface area contributed by atoms with Crippen LogP contribution in [-0.2, 0) is 14.4 Å². The molecule has 0 saturated carbocycles. The van der Waals surface area contributed by atoms with Crippen LogP contribution in [0.4, 0.5) is 11.4 Å². The van der Waals surface area contributed by atoms with Crippen molar-refractivity contribution in [3.05, 3.63) is 58.6 Å². The highest BCUT2D eigenvalue weighted by Crippen LogP contribution is 2.44. The molecule has 1 fully saturated rings. The number of hydrogen-bond donors (Lipinski definition) is 3. The number of hydroxylamine groups is 1. The minimum Gasteiger partial charge on any atom is -0.324 e. The lowest BCUT2D eigenvalue weighted by atomic mass is 10.1. The second-order valence-electron chi connectivity index (χ2n) is 7.50. The molecule has 1 aliphatic heterocycles. The van der Waals surface area contributed by atoms with Crippen LogP contribution in [0.2, 0.25) is 0 Å². The van der Waals surface area contributed by atoms with E-state index >= 15 is 0 Å². The van der Waals surface area contributed by atoms with Crippen molar-refractivity contribution in [2.24, 2.45) is 0 Å². The minimum atomic E-state index is -0.393. The van der Waals surface area contributed by atoms with Gasteiger partial charge in [-0.25, -0.2) is 5.48 Å². The number of hydrogen-bond acceptors (Lipinski definition) is 5. The molecule has 1 aliphatic rings. The molecule has 2 aromatic rings. The highest BCUT2D eigenvalue weighted by molar-refractivity contribution is 9.10. The van der Waals surface area contributed by atoms with Crippen molar-refractivity contribution in [2.45, 2.75) is 43.9 Å². The van der Waals surface area contributed by atoms with Crippen molar-refractivity contribution in [2.75, 3.05) is 16.0 Å². The molecule has 1 unspecified atom stereocenters. The molecule has 0 bridgehead atoms. The Kier molecular flexibility index (Phi) is 9.13. The summed E-state index contributed by atoms with van der Waals surface area (Å²) in [6.45, 7) is 0. The molecule has 1 saturated heterocycles. The van der Waals surface area contributed by atoms with E-state index in [0.717, 1.165) is 22.9 Å². The maximum Gasteiger partial charge on any atom is 0.243 e. The molecule has 0 aliphatic carbocycles. The predicted molar refractivity (Wildman–Crippen MR) is 130 cm³/mol. The monoisotopic (exact) mass is 519 g/mol. The summed E-state index contributed by atoms with van der Waals surface area (Å²) in [6.07, 6.45) is 3.64. The molecule has 0 radical (unpaired) electrons. The SMILES string of the molecule is O=C(CCCCCCC(=O)Nc1ccccc1N1C(=O)CSC1c1cccc(Br)c1)NO. The number of unbranched alkanes of at least 4 members (excludes halogenated alkanes) is 3. The topological polar surface area (TPSA) is 98.7 Å². The second kappa shape index (κ2) is 12.0. The van der Waals surface area contributed by atoms with Crippen molar-refractivity contribution in [1.29, 1.82) is 0 Å². The molecule has 1 atom stereocenters. The van der Waals surface area contributed by atoms with Crippen LogP contribution in [-0.4, -0.2) is 28.7 Å². The number of benzene rings is 2. The normalized spacial score (nSPS) is 15.6. The van der Waals surface area contributed by atoms with Crippen LogP contribution in [0.15, 0.2) is 53.0 Å². The lowest BCUT2D eigenvalue weighted by Gasteiger charge is -2.26. The highest BCUT2D eigenvalue weighted by atomic mass is 79.9. The van der Waals surface area contributed by atoms with E-state index in [1.54, 1.807) is 22.1 Å². The third-order valence-electron chi connectivity index (χ3n) is 5.12. The molecule has 0 spiro atoms. The Labute approximate surface area is 200 Å². The minimum absolute atomic E-state index is 0.00795. The zero-order valence-electron chi connectivity index (χ0n) is 17.6. The fourth-order valence-electron chi connectivity index (χ4n) is 3.57. The number of nitrogens with one attached hydrogen (secondary N) is 2. The van der Waals surface area contributed by atoms with Gasteiger partial charge >= 0.3 is 0 Å². The largest absolute Gasteiger partial charge is 0.324 e. The Morgan fingerprint density at radius 1 is 1.03 bits per heavy atom. The number of anilines is 2. The van der Waals surface area contributed by atoms with E-state index in [-0.39, 0.29) is 23.6 Å². The van der Waals surface area contributed by atoms with Gasteiger partial charge in [0.1, 0.15) is 5.37 Å². The predicted octanol–water partition coefficient (Wildman–Crippen LogP) is 5.01. The Morgan fingerprint density at radius 3 is 2.47 bits per heavy atom. The number of thioether (sulfide) groups is 1. The third-order valence-corrected chi connectivity index (χ3v) is 6.83. The van der Waals surface area contributed by atoms with Crippen molar-refractivity contribution in [3.63, 3.8) is 0 Å². The van der Waals surface area contributed by atoms with Crippen LogP contribution in [0, 0.1) is 0 Å². The van der Waals surface area contributed by atoms with E-state index in [2.05, 4.69) is 21.2 Å². The first-order valence-electron chi connectivity index (χ1n) is 10.5. The van der Waals surface area contributed by atoms with E-state index in [1.165, 1.54) is 0 Å². The molecule has 3 N–H and O–H groups in total. The van der Waals surface area contributed by atoms with Crippen LogP contribution >= 0.6 is 27.7 Å². The number of amides is 3. The quantitative estimate of drug-likeness (QED) is 0.232. The van der Waals surface area contributed by atoms with Crippen LogP contribution < -0.4 is 15.7 Å². The van der Waals surface area contributed by atoms with Gasteiger partial charge < -0.3 is 5.32 Å². The Balaban J connectivity index is 1.62. The summed E-state index contributed by atoms with van der Waals surface area (Å²) in [5.41, 5.74) is 3.94. The van der Waals surface area contributed by atoms with E-state index < -0.39 is 5.91 Å². The van der Waals surface area contributed by atoms with Crippen LogP contribution in [0.25, 0.3) is 0 Å². The third kappa shape index (κ3) is 6.57. The van der Waals surface area contributed by atoms with Crippen molar-refractivity contribution < 1.29 is 19.6 Å². The van der Waals surface area contributed by atoms with Crippen LogP contribution in [0.3, 0.4) is 0 Å². The first kappa shape index (κ1) is 24.3. The number of nitrogens with zero attached hydrogens (tertiary/aromatic N) is 1. The van der Waals surface area contributed by atoms with Gasteiger partial charge in [0.15, 0.2) is 0 Å². The Morgan fingerprint density at radius 2 is 1.75 bits per heavy atom. The molecule has 2 aromatic carbocycles. The average molecular weight is 520 g/mol. The lowest BCUT2D eigenvalue weighted by Crippen LogP contribution is -2.29. The number of carbonyl (C=O) groups is 3. The van der Waals surface area contributed by atoms with Gasteiger partial charge in [-0.1, -0.05) is 53.0 Å². The summed E-state index contributed by atoms with van der Waals surface area (Å²) >= 11 is 5.06. The highest BCUT2D eigenvalue weighted by Gasteiger charge is 2.35. The standard InChI is InChI=1S/C23H26BrN3O4S/c24-17-9-7-8-16(14-17)23-27(22(30)15-32-23)19-11-6-5-10-18(19)25-20(28)12-3-1-2-4-13-21(29)26-31/h5-11,14,23,31H,1-4,12-13,15H2,(H,25,28)(H,26,29). The summed E-state index contributed by atoms with van der Waals surface area (Å²) in [4.78, 5) is 38.0. The number of halogens is 1. The molecular weight excluding hydrogens is 494 g/mol. The summed E-state index contributed by atoms with van der Waals surface area (Å²) in [5.74, 6) is -0.110. The van der Waals surface area contributed by atoms with Gasteiger partial charge in [0, 0.05) is 17.3 Å². The zero-order valence-corrected chi connectivity index (χ0v) is 20.0. The zero-order chi connectivity index (χ0) is 22.9. The van der Waals surface area contributed by atoms with Gasteiger partial charge in [-0.05, 0) is 42.7 Å². The summed E-state index contributed by atoms with van der Waals surface area (Å²) < 4.78 is 0.952. The molecule has 7 nitrogen and oxygen atoms in total. The first-order valence-corrected chi connectivity index (χ1v) is 12.3. The van der Waals surface area contributed by atoms with Gasteiger partial charge in [-0.3, -0.25) is 24.5 Å². The lowest BCUT2D eigenvalue weighted by molar-refractivity contribution is -0.129. The molecule has 0 aromatic heterocycles. The van der Waals surface area contributed by atoms with Crippen molar-refractivity contribution >= 4 is 56.8 Å². The molecule has 3 amide bonds. The van der Waals surface area contributed by atoms with E-state index in [0.29, 0.717) is 36.4 Å². The van der Waals surface area contributed by atoms with E-state index in [4.69, 9.17) is 5.21 Å². The fraction of sp³-hybridized carbons (Fsp3) is 0.348. The van der Waals surface area contributed by atoms with Crippen molar-refractivity contribution in [1.82, 2.24) is 5.48 Å². The smallest absolute Gasteiger partial charge is 0.243 e. The maximum atomic E-state index is 12.8. The van der Waals surface area contributed by atoms with Gasteiger partial charge in [0.25, 0.3) is 0 Å². The number of carbonyl (C=O) groups excluding carboxylic acids is 3. The molecule has 170 valence electrons. The number of para-hydroxylation sites is 2. The molecule has 3 rings (SSSR count). The maximum absolute atomic E-state index is 12.8. The number of rotatable bonds is 10. The Bertz CT molecular complexity index is 972. The Hall–Kier alpha value is -2.36. The van der Waals surface area contributed by atoms with Crippen LogP contribution in [0.5, 0.6) is 0 Å². The molecule has 9 heteroatoms. The summed E-state index contributed by atoms with van der Waals surface area (Å²) in [5, 5.41) is 11.3. The van der Waals surface area contributed by atoms with Crippen molar-refractivity contribution in [3.8, 4) is 0 Å². The average Bonchev–Trinajstić information content (AvgIpc) is 3.17. The summed E-state index contributed by atoms with van der Waals surface area (Å²) in [7, 11) is 0. The molecular formula is C23H26BrN3O4S. The van der Waals surface area contributed by atoms with Gasteiger partial charge in [0.05, 0.1) is 17.1 Å². The second-order valence-corrected chi connectivity index (χ2v) is 9.48. The van der Waals surface area contributed by atoms with E-state index in [9.17, 15) is 14.4 Å². The first-order chi connectivity index (χ1) is 15.5. The summed E-state index contributed by atoms with van der Waals surface area (Å²) in [6, 6.07) is 15.3. The van der Waals surface area contributed by atoms with Gasteiger partial charge in [0.2, 0.25) is 17.7 Å². The fourth-order valence-corrected chi connectivity index (χ4v) is 5.15. The van der Waals surface area contributed by atoms with Crippen LogP contribution in [0.1, 0.15) is 49.5 Å². The van der Waals surface area contributed by atoms with E-state index in [1.807, 2.05) is 48.5 Å².